The van der Waals surface area contributed by atoms with Gasteiger partial charge in [0.25, 0.3) is 0 Å². The summed E-state index contributed by atoms with van der Waals surface area (Å²) in [4.78, 5) is 14.6. The third-order valence-corrected chi connectivity index (χ3v) is 5.66. The van der Waals surface area contributed by atoms with E-state index in [0.29, 0.717) is 12.8 Å². The molecular weight excluding hydrogens is 415 g/mol. The third-order valence-electron chi connectivity index (χ3n) is 5.66. The van der Waals surface area contributed by atoms with Crippen molar-refractivity contribution in [3.05, 3.63) is 64.5 Å². The van der Waals surface area contributed by atoms with Crippen LogP contribution in [0.25, 0.3) is 0 Å². The summed E-state index contributed by atoms with van der Waals surface area (Å²) in [6.07, 6.45) is 3.73. The number of benzene rings is 2. The van der Waals surface area contributed by atoms with Crippen LogP contribution < -0.4 is 4.90 Å². The van der Waals surface area contributed by atoms with E-state index in [2.05, 4.69) is 0 Å². The molecule has 0 aromatic heterocycles. The van der Waals surface area contributed by atoms with Crippen LogP contribution in [0.1, 0.15) is 47.2 Å². The maximum Gasteiger partial charge on any atom is 0.341 e. The first kappa shape index (κ1) is 24.1. The van der Waals surface area contributed by atoms with Gasteiger partial charge in [-0.2, -0.15) is 0 Å². The van der Waals surface area contributed by atoms with Crippen LogP contribution in [0.5, 0.6) is 0 Å². The Bertz CT molecular complexity index is 904. The molecule has 2 atom stereocenters. The van der Waals surface area contributed by atoms with Crippen LogP contribution in [-0.2, 0) is 11.2 Å². The summed E-state index contributed by atoms with van der Waals surface area (Å²) >= 11 is 0. The zero-order chi connectivity index (χ0) is 21.1. The van der Waals surface area contributed by atoms with Gasteiger partial charge in [-0.3, -0.25) is 0 Å². The lowest BCUT2D eigenvalue weighted by atomic mass is 9.82. The van der Waals surface area contributed by atoms with Crippen molar-refractivity contribution < 1.29 is 22.7 Å². The highest BCUT2D eigenvalue weighted by molar-refractivity contribution is 5.90. The summed E-state index contributed by atoms with van der Waals surface area (Å²) in [6.45, 7) is 1.13. The maximum atomic E-state index is 14.2. The second kappa shape index (κ2) is 10.2. The second-order valence-electron chi connectivity index (χ2n) is 7.87. The van der Waals surface area contributed by atoms with Gasteiger partial charge < -0.3 is 9.64 Å². The molecule has 0 spiro atoms. The Labute approximate surface area is 181 Å². The second-order valence-corrected chi connectivity index (χ2v) is 7.87. The number of carbonyl (C=O) groups excluding carboxylic acids is 1. The molecule has 0 saturated heterocycles. The van der Waals surface area contributed by atoms with Crippen LogP contribution in [0.15, 0.2) is 30.3 Å². The first-order valence-electron chi connectivity index (χ1n) is 9.90. The quantitative estimate of drug-likeness (QED) is 0.430. The molecule has 0 heterocycles. The lowest BCUT2D eigenvalue weighted by Crippen LogP contribution is -2.32. The van der Waals surface area contributed by atoms with Crippen LogP contribution >= 0.6 is 12.4 Å². The summed E-state index contributed by atoms with van der Waals surface area (Å²) in [7, 11) is 3.95. The summed E-state index contributed by atoms with van der Waals surface area (Å²) in [6, 6.07) is 8.74. The Kier molecular flexibility index (Phi) is 8.18. The van der Waals surface area contributed by atoms with Gasteiger partial charge in [-0.05, 0) is 50.3 Å². The monoisotopic (exact) mass is 441 g/mol. The summed E-state index contributed by atoms with van der Waals surface area (Å²) in [5, 5.41) is 0. The number of esters is 1. The summed E-state index contributed by atoms with van der Waals surface area (Å²) < 4.78 is 47.4. The van der Waals surface area contributed by atoms with E-state index in [9.17, 15) is 18.0 Å². The van der Waals surface area contributed by atoms with E-state index in [1.807, 2.05) is 43.3 Å². The first-order chi connectivity index (χ1) is 13.8. The molecule has 7 heteroatoms. The molecule has 1 aliphatic carbocycles. The van der Waals surface area contributed by atoms with Gasteiger partial charge in [-0.15, -0.1) is 12.4 Å². The third kappa shape index (κ3) is 5.09. The molecule has 0 amide bonds. The molecule has 2 unspecified atom stereocenters. The van der Waals surface area contributed by atoms with Gasteiger partial charge in [-0.25, -0.2) is 18.0 Å². The fourth-order valence-corrected chi connectivity index (χ4v) is 4.00. The van der Waals surface area contributed by atoms with Crippen molar-refractivity contribution in [3.63, 3.8) is 0 Å². The molecule has 2 aromatic carbocycles. The van der Waals surface area contributed by atoms with Crippen LogP contribution in [-0.4, -0.2) is 26.2 Å². The number of halogens is 4. The average molecular weight is 442 g/mol. The van der Waals surface area contributed by atoms with Gasteiger partial charge in [0.2, 0.25) is 0 Å². The fourth-order valence-electron chi connectivity index (χ4n) is 4.00. The number of para-hydroxylation sites is 1. The molecule has 1 aliphatic rings. The van der Waals surface area contributed by atoms with Crippen LogP contribution in [0.2, 0.25) is 0 Å². The number of nitrogens with zero attached hydrogens (tertiary/aromatic N) is 1. The number of rotatable bonds is 5. The number of hydrogen-bond donors (Lipinski definition) is 0. The molecule has 0 radical (unpaired) electrons. The molecular formula is C23H27ClF3NO2. The molecule has 3 rings (SSSR count). The Hall–Kier alpha value is -2.21. The van der Waals surface area contributed by atoms with E-state index in [1.165, 1.54) is 0 Å². The Morgan fingerprint density at radius 1 is 1.10 bits per heavy atom. The van der Waals surface area contributed by atoms with Gasteiger partial charge in [-0.1, -0.05) is 24.6 Å². The molecule has 30 heavy (non-hydrogen) atoms. The van der Waals surface area contributed by atoms with Crippen LogP contribution in [0.3, 0.4) is 0 Å². The summed E-state index contributed by atoms with van der Waals surface area (Å²) in [5.74, 6) is -4.62. The van der Waals surface area contributed by atoms with Gasteiger partial charge in [0.1, 0.15) is 17.5 Å². The van der Waals surface area contributed by atoms with Crippen molar-refractivity contribution in [3.8, 4) is 0 Å². The molecule has 0 bridgehead atoms. The van der Waals surface area contributed by atoms with Crippen LogP contribution in [0.4, 0.5) is 18.9 Å². The maximum absolute atomic E-state index is 14.2. The molecule has 0 aliphatic heterocycles. The SMILES string of the molecule is Cc1c(F)cc(C(=O)OC2CCCCC2Cc2ccccc2N(C)C)c(F)c1F.Cl. The zero-order valence-electron chi connectivity index (χ0n) is 17.4. The van der Waals surface area contributed by atoms with E-state index in [0.717, 1.165) is 43.5 Å². The van der Waals surface area contributed by atoms with E-state index >= 15 is 0 Å². The van der Waals surface area contributed by atoms with Gasteiger partial charge >= 0.3 is 5.97 Å². The van der Waals surface area contributed by atoms with Crippen molar-refractivity contribution in [1.29, 1.82) is 0 Å². The minimum Gasteiger partial charge on any atom is -0.458 e. The highest BCUT2D eigenvalue weighted by atomic mass is 35.5. The lowest BCUT2D eigenvalue weighted by molar-refractivity contribution is 0.000873. The summed E-state index contributed by atoms with van der Waals surface area (Å²) in [5.41, 5.74) is 1.10. The largest absolute Gasteiger partial charge is 0.458 e. The number of ether oxygens (including phenoxy) is 1. The predicted molar refractivity (Wildman–Crippen MR) is 114 cm³/mol. The van der Waals surface area contributed by atoms with Gasteiger partial charge in [0.15, 0.2) is 11.6 Å². The highest BCUT2D eigenvalue weighted by Crippen LogP contribution is 2.33. The molecule has 2 aromatic rings. The van der Waals surface area contributed by atoms with E-state index in [1.54, 1.807) is 0 Å². The number of anilines is 1. The molecule has 3 nitrogen and oxygen atoms in total. The topological polar surface area (TPSA) is 29.5 Å². The molecule has 164 valence electrons. The van der Waals surface area contributed by atoms with Crippen LogP contribution in [0, 0.1) is 30.3 Å². The van der Waals surface area contributed by atoms with E-state index in [4.69, 9.17) is 4.74 Å². The lowest BCUT2D eigenvalue weighted by Gasteiger charge is -2.32. The predicted octanol–water partition coefficient (Wildman–Crippen LogP) is 5.86. The van der Waals surface area contributed by atoms with E-state index < -0.39 is 40.7 Å². The molecule has 1 saturated carbocycles. The van der Waals surface area contributed by atoms with Crippen molar-refractivity contribution in [2.24, 2.45) is 5.92 Å². The average Bonchev–Trinajstić information content (AvgIpc) is 2.70. The Morgan fingerprint density at radius 2 is 1.77 bits per heavy atom. The number of hydrogen-bond acceptors (Lipinski definition) is 3. The number of carbonyl (C=O) groups is 1. The van der Waals surface area contributed by atoms with Crippen molar-refractivity contribution >= 4 is 24.1 Å². The molecule has 0 N–H and O–H groups in total. The van der Waals surface area contributed by atoms with Crippen molar-refractivity contribution in [2.45, 2.75) is 45.1 Å². The minimum absolute atomic E-state index is 0. The highest BCUT2D eigenvalue weighted by Gasteiger charge is 2.31. The standard InChI is InChI=1S/C23H26F3NO2.ClH/c1-14-18(24)13-17(22(26)21(14)25)23(28)29-20-11-7-5-9-16(20)12-15-8-4-6-10-19(15)27(2)3;/h4,6,8,10,13,16,20H,5,7,9,11-12H2,1-3H3;1H. The van der Waals surface area contributed by atoms with Gasteiger partial charge in [0, 0.05) is 31.3 Å². The smallest absolute Gasteiger partial charge is 0.341 e. The zero-order valence-corrected chi connectivity index (χ0v) is 18.2. The normalized spacial score (nSPS) is 18.5. The Morgan fingerprint density at radius 3 is 2.47 bits per heavy atom. The fraction of sp³-hybridized carbons (Fsp3) is 0.435. The van der Waals surface area contributed by atoms with Gasteiger partial charge in [0.05, 0.1) is 0 Å². The van der Waals surface area contributed by atoms with Crippen molar-refractivity contribution in [1.82, 2.24) is 0 Å². The molecule has 1 fully saturated rings. The minimum atomic E-state index is -1.36. The first-order valence-corrected chi connectivity index (χ1v) is 9.90. The Balaban J connectivity index is 0.00000320. The van der Waals surface area contributed by atoms with Crippen molar-refractivity contribution in [2.75, 3.05) is 19.0 Å². The van der Waals surface area contributed by atoms with E-state index in [-0.39, 0.29) is 18.3 Å².